The zero-order chi connectivity index (χ0) is 19.6. The summed E-state index contributed by atoms with van der Waals surface area (Å²) in [6, 6.07) is 4.02. The maximum Gasteiger partial charge on any atom is 0.311 e. The second-order valence-electron chi connectivity index (χ2n) is 7.67. The van der Waals surface area contributed by atoms with Gasteiger partial charge in [0.05, 0.1) is 30.2 Å². The predicted octanol–water partition coefficient (Wildman–Crippen LogP) is 1.66. The topological polar surface area (TPSA) is 97.5 Å². The third-order valence-electron chi connectivity index (χ3n) is 5.62. The lowest BCUT2D eigenvalue weighted by molar-refractivity contribution is -0.155. The minimum atomic E-state index is -1.02. The lowest BCUT2D eigenvalue weighted by Crippen LogP contribution is -2.52. The molecule has 150 valence electrons. The SMILES string of the molecule is O=C(C1CCOC1)N1CCCC(Cc2cn(Cc3cccs3)nn2)(C(=O)O)C1. The molecule has 2 aromatic heterocycles. The van der Waals surface area contributed by atoms with Crippen molar-refractivity contribution in [3.8, 4) is 0 Å². The van der Waals surface area contributed by atoms with Gasteiger partial charge in [0.15, 0.2) is 0 Å². The number of rotatable bonds is 6. The molecule has 2 unspecified atom stereocenters. The summed E-state index contributed by atoms with van der Waals surface area (Å²) in [5, 5.41) is 20.4. The lowest BCUT2D eigenvalue weighted by atomic mass is 9.76. The number of hydrogen-bond donors (Lipinski definition) is 1. The zero-order valence-corrected chi connectivity index (χ0v) is 16.4. The van der Waals surface area contributed by atoms with E-state index in [-0.39, 0.29) is 24.8 Å². The molecule has 9 heteroatoms. The Morgan fingerprint density at radius 3 is 3.04 bits per heavy atom. The van der Waals surface area contributed by atoms with E-state index in [9.17, 15) is 14.7 Å². The third-order valence-corrected chi connectivity index (χ3v) is 6.49. The maximum atomic E-state index is 12.8. The molecular formula is C19H24N4O4S. The number of carbonyl (C=O) groups excluding carboxylic acids is 1. The van der Waals surface area contributed by atoms with E-state index in [1.165, 1.54) is 0 Å². The highest BCUT2D eigenvalue weighted by Crippen LogP contribution is 2.35. The minimum absolute atomic E-state index is 0.0178. The minimum Gasteiger partial charge on any atom is -0.481 e. The first-order valence-electron chi connectivity index (χ1n) is 9.57. The fraction of sp³-hybridized carbons (Fsp3) is 0.579. The van der Waals surface area contributed by atoms with Gasteiger partial charge in [-0.05, 0) is 30.7 Å². The Kier molecular flexibility index (Phi) is 5.45. The Morgan fingerprint density at radius 1 is 1.43 bits per heavy atom. The highest BCUT2D eigenvalue weighted by atomic mass is 32.1. The molecule has 0 radical (unpaired) electrons. The normalized spacial score (nSPS) is 25.1. The number of amides is 1. The van der Waals surface area contributed by atoms with Crippen LogP contribution < -0.4 is 0 Å². The fourth-order valence-electron chi connectivity index (χ4n) is 4.11. The molecule has 1 N–H and O–H groups in total. The number of carboxylic acid groups (broad SMARTS) is 1. The summed E-state index contributed by atoms with van der Waals surface area (Å²) in [5.41, 5.74) is -0.366. The highest BCUT2D eigenvalue weighted by Gasteiger charge is 2.45. The summed E-state index contributed by atoms with van der Waals surface area (Å²) in [4.78, 5) is 27.9. The Bertz CT molecular complexity index is 831. The van der Waals surface area contributed by atoms with Crippen molar-refractivity contribution in [1.82, 2.24) is 19.9 Å². The summed E-state index contributed by atoms with van der Waals surface area (Å²) in [7, 11) is 0. The van der Waals surface area contributed by atoms with Crippen LogP contribution in [0.2, 0.25) is 0 Å². The standard InChI is InChI=1S/C19H24N4O4S/c24-17(14-4-7-27-12-14)22-6-2-5-19(13-22,18(25)26)9-15-10-23(21-20-15)11-16-3-1-8-28-16/h1,3,8,10,14H,2,4-7,9,11-13H2,(H,25,26). The maximum absolute atomic E-state index is 12.8. The average Bonchev–Trinajstić information content (AvgIpc) is 3.45. The first-order valence-corrected chi connectivity index (χ1v) is 10.4. The number of aliphatic carboxylic acids is 1. The molecule has 2 saturated heterocycles. The van der Waals surface area contributed by atoms with E-state index in [4.69, 9.17) is 4.74 Å². The van der Waals surface area contributed by atoms with Gasteiger partial charge in [0.25, 0.3) is 0 Å². The number of carbonyl (C=O) groups is 2. The van der Waals surface area contributed by atoms with Crippen molar-refractivity contribution < 1.29 is 19.4 Å². The summed E-state index contributed by atoms with van der Waals surface area (Å²) in [6.07, 6.45) is 4.01. The quantitative estimate of drug-likeness (QED) is 0.786. The van der Waals surface area contributed by atoms with E-state index in [1.54, 1.807) is 20.9 Å². The van der Waals surface area contributed by atoms with Crippen molar-refractivity contribution >= 4 is 23.2 Å². The molecule has 28 heavy (non-hydrogen) atoms. The van der Waals surface area contributed by atoms with E-state index < -0.39 is 11.4 Å². The molecule has 4 heterocycles. The number of piperidine rings is 1. The van der Waals surface area contributed by atoms with E-state index in [1.807, 2.05) is 23.7 Å². The Balaban J connectivity index is 1.47. The Morgan fingerprint density at radius 2 is 2.32 bits per heavy atom. The van der Waals surface area contributed by atoms with Crippen LogP contribution in [0, 0.1) is 11.3 Å². The summed E-state index contributed by atoms with van der Waals surface area (Å²) >= 11 is 1.65. The van der Waals surface area contributed by atoms with Crippen molar-refractivity contribution in [2.75, 3.05) is 26.3 Å². The second-order valence-corrected chi connectivity index (χ2v) is 8.71. The van der Waals surface area contributed by atoms with E-state index in [0.29, 0.717) is 51.3 Å². The number of hydrogen-bond acceptors (Lipinski definition) is 6. The van der Waals surface area contributed by atoms with Crippen LogP contribution in [0.5, 0.6) is 0 Å². The number of carboxylic acids is 1. The van der Waals surface area contributed by atoms with Crippen LogP contribution in [0.4, 0.5) is 0 Å². The molecule has 0 bridgehead atoms. The van der Waals surface area contributed by atoms with E-state index in [2.05, 4.69) is 10.3 Å². The molecule has 0 saturated carbocycles. The molecule has 8 nitrogen and oxygen atoms in total. The molecular weight excluding hydrogens is 380 g/mol. The van der Waals surface area contributed by atoms with E-state index in [0.717, 1.165) is 4.88 Å². The van der Waals surface area contributed by atoms with Gasteiger partial charge < -0.3 is 14.7 Å². The first kappa shape index (κ1) is 19.1. The average molecular weight is 404 g/mol. The van der Waals surface area contributed by atoms with Gasteiger partial charge in [-0.2, -0.15) is 0 Å². The molecule has 2 aliphatic rings. The summed E-state index contributed by atoms with van der Waals surface area (Å²) in [5.74, 6) is -0.999. The van der Waals surface area contributed by atoms with Gasteiger partial charge >= 0.3 is 5.97 Å². The number of likely N-dealkylation sites (tertiary alicyclic amines) is 1. The van der Waals surface area contributed by atoms with Crippen molar-refractivity contribution in [3.63, 3.8) is 0 Å². The number of ether oxygens (including phenoxy) is 1. The molecule has 1 amide bonds. The Hall–Kier alpha value is -2.26. The molecule has 0 aromatic carbocycles. The van der Waals surface area contributed by atoms with Gasteiger partial charge in [0.1, 0.15) is 0 Å². The molecule has 0 spiro atoms. The largest absolute Gasteiger partial charge is 0.481 e. The van der Waals surface area contributed by atoms with Crippen molar-refractivity contribution in [2.24, 2.45) is 11.3 Å². The van der Waals surface area contributed by atoms with Crippen molar-refractivity contribution in [3.05, 3.63) is 34.3 Å². The molecule has 2 atom stereocenters. The van der Waals surface area contributed by atoms with Crippen LogP contribution in [0.25, 0.3) is 0 Å². The lowest BCUT2D eigenvalue weighted by Gasteiger charge is -2.40. The van der Waals surface area contributed by atoms with Gasteiger partial charge in [-0.3, -0.25) is 9.59 Å². The van der Waals surface area contributed by atoms with Crippen LogP contribution in [0.15, 0.2) is 23.7 Å². The molecule has 4 rings (SSSR count). The Labute approximate surface area is 167 Å². The number of thiophene rings is 1. The van der Waals surface area contributed by atoms with Gasteiger partial charge in [-0.1, -0.05) is 11.3 Å². The third kappa shape index (κ3) is 3.95. The molecule has 0 aliphatic carbocycles. The predicted molar refractivity (Wildman–Crippen MR) is 102 cm³/mol. The van der Waals surface area contributed by atoms with E-state index >= 15 is 0 Å². The van der Waals surface area contributed by atoms with Crippen LogP contribution >= 0.6 is 11.3 Å². The fourth-order valence-corrected chi connectivity index (χ4v) is 4.80. The molecule has 2 aromatic rings. The van der Waals surface area contributed by atoms with Crippen LogP contribution in [-0.4, -0.2) is 63.2 Å². The number of aromatic nitrogens is 3. The van der Waals surface area contributed by atoms with Gasteiger partial charge in [-0.15, -0.1) is 16.4 Å². The highest BCUT2D eigenvalue weighted by molar-refractivity contribution is 7.09. The van der Waals surface area contributed by atoms with Crippen molar-refractivity contribution in [2.45, 2.75) is 32.2 Å². The number of nitrogens with zero attached hydrogens (tertiary/aromatic N) is 4. The van der Waals surface area contributed by atoms with Crippen molar-refractivity contribution in [1.29, 1.82) is 0 Å². The van der Waals surface area contributed by atoms with Gasteiger partial charge in [-0.25, -0.2) is 4.68 Å². The molecule has 2 fully saturated rings. The van der Waals surface area contributed by atoms with Crippen LogP contribution in [-0.2, 0) is 27.3 Å². The molecule has 2 aliphatic heterocycles. The zero-order valence-electron chi connectivity index (χ0n) is 15.6. The van der Waals surface area contributed by atoms with Crippen LogP contribution in [0.3, 0.4) is 0 Å². The first-order chi connectivity index (χ1) is 13.6. The summed E-state index contributed by atoms with van der Waals surface area (Å²) in [6.45, 7) is 2.48. The second kappa shape index (κ2) is 8.00. The monoisotopic (exact) mass is 404 g/mol. The smallest absolute Gasteiger partial charge is 0.311 e. The van der Waals surface area contributed by atoms with Gasteiger partial charge in [0.2, 0.25) is 5.91 Å². The van der Waals surface area contributed by atoms with Gasteiger partial charge in [0, 0.05) is 37.2 Å². The van der Waals surface area contributed by atoms with Crippen LogP contribution in [0.1, 0.15) is 29.8 Å². The summed E-state index contributed by atoms with van der Waals surface area (Å²) < 4.78 is 7.06.